The van der Waals surface area contributed by atoms with Gasteiger partial charge in [0, 0.05) is 13.1 Å². The molecule has 0 saturated carbocycles. The van der Waals surface area contributed by atoms with Crippen LogP contribution in [0.3, 0.4) is 0 Å². The van der Waals surface area contributed by atoms with Crippen molar-refractivity contribution < 1.29 is 13.2 Å². The van der Waals surface area contributed by atoms with Crippen LogP contribution < -0.4 is 5.32 Å². The summed E-state index contributed by atoms with van der Waals surface area (Å²) in [4.78, 5) is 16.6. The number of aromatic nitrogens is 3. The van der Waals surface area contributed by atoms with E-state index in [1.165, 1.54) is 22.0 Å². The van der Waals surface area contributed by atoms with E-state index in [-0.39, 0.29) is 10.1 Å². The molecule has 1 saturated heterocycles. The highest BCUT2D eigenvalue weighted by Gasteiger charge is 2.39. The van der Waals surface area contributed by atoms with Crippen molar-refractivity contribution in [2.75, 3.05) is 6.54 Å². The normalized spacial score (nSPS) is 17.6. The van der Waals surface area contributed by atoms with E-state index in [9.17, 15) is 13.2 Å². The van der Waals surface area contributed by atoms with E-state index < -0.39 is 16.1 Å². The van der Waals surface area contributed by atoms with Gasteiger partial charge < -0.3 is 5.32 Å². The van der Waals surface area contributed by atoms with Crippen molar-refractivity contribution in [2.24, 2.45) is 0 Å². The minimum atomic E-state index is -3.63. The minimum Gasteiger partial charge on any atom is -0.351 e. The Labute approximate surface area is 166 Å². The highest BCUT2D eigenvalue weighted by atomic mass is 32.2. The number of amides is 1. The van der Waals surface area contributed by atoms with Gasteiger partial charge in [0.25, 0.3) is 10.0 Å². The van der Waals surface area contributed by atoms with Crippen LogP contribution >= 0.6 is 11.3 Å². The van der Waals surface area contributed by atoms with E-state index in [2.05, 4.69) is 15.4 Å². The fraction of sp³-hybridized carbons (Fsp3) is 0.278. The second-order valence-corrected chi connectivity index (χ2v) is 9.50. The molecule has 3 heterocycles. The van der Waals surface area contributed by atoms with Crippen molar-refractivity contribution in [3.05, 3.63) is 60.0 Å². The molecular weight excluding hydrogens is 398 g/mol. The Kier molecular flexibility index (Phi) is 5.25. The molecule has 4 rings (SSSR count). The quantitative estimate of drug-likeness (QED) is 0.660. The van der Waals surface area contributed by atoms with Crippen LogP contribution in [-0.4, -0.2) is 46.0 Å². The molecule has 1 aromatic carbocycles. The van der Waals surface area contributed by atoms with Crippen molar-refractivity contribution >= 4 is 27.3 Å². The largest absolute Gasteiger partial charge is 0.351 e. The number of thiophene rings is 1. The molecule has 2 aromatic heterocycles. The predicted molar refractivity (Wildman–Crippen MR) is 104 cm³/mol. The van der Waals surface area contributed by atoms with Gasteiger partial charge in [0.2, 0.25) is 5.91 Å². The zero-order valence-corrected chi connectivity index (χ0v) is 16.6. The molecule has 1 aliphatic heterocycles. The predicted octanol–water partition coefficient (Wildman–Crippen LogP) is 1.80. The Morgan fingerprint density at radius 3 is 2.75 bits per heavy atom. The first-order valence-corrected chi connectivity index (χ1v) is 11.1. The number of hydrogen-bond acceptors (Lipinski definition) is 6. The number of benzene rings is 1. The molecule has 146 valence electrons. The average molecular weight is 418 g/mol. The van der Waals surface area contributed by atoms with Crippen LogP contribution in [0.4, 0.5) is 0 Å². The standard InChI is InChI=1S/C18H19N5O3S2/c24-18(16-3-1-9-23(16)28(25,26)17-4-2-10-27-17)20-11-14-5-7-15(8-6-14)22-13-19-12-21-22/h2,4-8,10,12-13,16H,1,3,9,11H2,(H,20,24). The Bertz CT molecular complexity index is 1030. The van der Waals surface area contributed by atoms with E-state index in [0.717, 1.165) is 11.3 Å². The summed E-state index contributed by atoms with van der Waals surface area (Å²) in [5.41, 5.74) is 1.79. The van der Waals surface area contributed by atoms with Crippen molar-refractivity contribution in [1.82, 2.24) is 24.4 Å². The molecule has 0 spiro atoms. The first-order chi connectivity index (χ1) is 13.6. The van der Waals surface area contributed by atoms with Gasteiger partial charge in [-0.2, -0.15) is 9.40 Å². The SMILES string of the molecule is O=C(NCc1ccc(-n2cncn2)cc1)C1CCCN1S(=O)(=O)c1cccs1. The maximum Gasteiger partial charge on any atom is 0.253 e. The molecule has 1 fully saturated rings. The van der Waals surface area contributed by atoms with Crippen LogP contribution in [0.5, 0.6) is 0 Å². The number of carbonyl (C=O) groups is 1. The van der Waals surface area contributed by atoms with Gasteiger partial charge in [-0.15, -0.1) is 11.3 Å². The lowest BCUT2D eigenvalue weighted by Gasteiger charge is -2.22. The fourth-order valence-electron chi connectivity index (χ4n) is 3.23. The van der Waals surface area contributed by atoms with Crippen molar-refractivity contribution in [3.8, 4) is 5.69 Å². The Balaban J connectivity index is 1.40. The minimum absolute atomic E-state index is 0.266. The Morgan fingerprint density at radius 1 is 1.25 bits per heavy atom. The lowest BCUT2D eigenvalue weighted by atomic mass is 10.2. The van der Waals surface area contributed by atoms with Gasteiger partial charge >= 0.3 is 0 Å². The lowest BCUT2D eigenvalue weighted by molar-refractivity contribution is -0.124. The highest BCUT2D eigenvalue weighted by Crippen LogP contribution is 2.28. The molecule has 0 bridgehead atoms. The van der Waals surface area contributed by atoms with Crippen LogP contribution in [0.15, 0.2) is 58.6 Å². The zero-order valence-electron chi connectivity index (χ0n) is 14.9. The van der Waals surface area contributed by atoms with Crippen molar-refractivity contribution in [3.63, 3.8) is 0 Å². The molecule has 1 unspecified atom stereocenters. The van der Waals surface area contributed by atoms with Crippen molar-refractivity contribution in [1.29, 1.82) is 0 Å². The summed E-state index contributed by atoms with van der Waals surface area (Å²) in [6.07, 6.45) is 4.28. The van der Waals surface area contributed by atoms with Crippen molar-refractivity contribution in [2.45, 2.75) is 29.6 Å². The van der Waals surface area contributed by atoms with Gasteiger partial charge in [-0.05, 0) is 42.0 Å². The molecule has 1 aliphatic rings. The van der Waals surface area contributed by atoms with E-state index in [1.54, 1.807) is 28.5 Å². The number of rotatable bonds is 6. The van der Waals surface area contributed by atoms with Gasteiger partial charge in [0.15, 0.2) is 0 Å². The van der Waals surface area contributed by atoms with Crippen LogP contribution in [0.2, 0.25) is 0 Å². The van der Waals surface area contributed by atoms with Gasteiger partial charge in [-0.3, -0.25) is 4.79 Å². The van der Waals surface area contributed by atoms with E-state index in [4.69, 9.17) is 0 Å². The smallest absolute Gasteiger partial charge is 0.253 e. The monoisotopic (exact) mass is 417 g/mol. The van der Waals surface area contributed by atoms with Gasteiger partial charge in [-0.1, -0.05) is 18.2 Å². The Hall–Kier alpha value is -2.56. The summed E-state index contributed by atoms with van der Waals surface area (Å²) >= 11 is 1.17. The number of nitrogens with one attached hydrogen (secondary N) is 1. The number of nitrogens with zero attached hydrogens (tertiary/aromatic N) is 4. The summed E-state index contributed by atoms with van der Waals surface area (Å²) in [5, 5.41) is 8.66. The van der Waals surface area contributed by atoms with E-state index in [1.807, 2.05) is 24.3 Å². The molecular formula is C18H19N5O3S2. The van der Waals surface area contributed by atoms with E-state index in [0.29, 0.717) is 25.9 Å². The fourth-order valence-corrected chi connectivity index (χ4v) is 6.01. The number of sulfonamides is 1. The third-order valence-electron chi connectivity index (χ3n) is 4.65. The van der Waals surface area contributed by atoms with Crippen LogP contribution in [0, 0.1) is 0 Å². The second kappa shape index (κ2) is 7.82. The second-order valence-electron chi connectivity index (χ2n) is 6.43. The lowest BCUT2D eigenvalue weighted by Crippen LogP contribution is -2.45. The van der Waals surface area contributed by atoms with Crippen LogP contribution in [-0.2, 0) is 21.4 Å². The topological polar surface area (TPSA) is 97.2 Å². The third kappa shape index (κ3) is 3.71. The first kappa shape index (κ1) is 18.8. The highest BCUT2D eigenvalue weighted by molar-refractivity contribution is 7.91. The molecule has 0 aliphatic carbocycles. The molecule has 10 heteroatoms. The summed E-state index contributed by atoms with van der Waals surface area (Å²) in [6.45, 7) is 0.699. The molecule has 0 radical (unpaired) electrons. The molecule has 8 nitrogen and oxygen atoms in total. The van der Waals surface area contributed by atoms with Gasteiger partial charge in [0.05, 0.1) is 5.69 Å². The maximum absolute atomic E-state index is 12.8. The molecule has 1 amide bonds. The van der Waals surface area contributed by atoms with E-state index >= 15 is 0 Å². The maximum atomic E-state index is 12.8. The average Bonchev–Trinajstić information content (AvgIpc) is 3.48. The summed E-state index contributed by atoms with van der Waals surface area (Å²) in [7, 11) is -3.63. The summed E-state index contributed by atoms with van der Waals surface area (Å²) in [6, 6.07) is 10.2. The molecule has 3 aromatic rings. The van der Waals surface area contributed by atoms with Gasteiger partial charge in [0.1, 0.15) is 22.9 Å². The number of carbonyl (C=O) groups excluding carboxylic acids is 1. The summed E-state index contributed by atoms with van der Waals surface area (Å²) < 4.78 is 28.8. The molecule has 1 atom stereocenters. The summed E-state index contributed by atoms with van der Waals surface area (Å²) in [5.74, 6) is -0.266. The van der Waals surface area contributed by atoms with Crippen LogP contribution in [0.1, 0.15) is 18.4 Å². The Morgan fingerprint density at radius 2 is 2.07 bits per heavy atom. The molecule has 1 N–H and O–H groups in total. The molecule has 28 heavy (non-hydrogen) atoms. The van der Waals surface area contributed by atoms with Gasteiger partial charge in [-0.25, -0.2) is 18.1 Å². The zero-order chi connectivity index (χ0) is 19.6. The third-order valence-corrected chi connectivity index (χ3v) is 7.93. The first-order valence-electron chi connectivity index (χ1n) is 8.83. The van der Waals surface area contributed by atoms with Crippen LogP contribution in [0.25, 0.3) is 5.69 Å². The number of hydrogen-bond donors (Lipinski definition) is 1.